The Balaban J connectivity index is 2.20. The van der Waals surface area contributed by atoms with Crippen molar-refractivity contribution < 1.29 is 18.0 Å². The van der Waals surface area contributed by atoms with E-state index in [2.05, 4.69) is 5.32 Å². The van der Waals surface area contributed by atoms with Gasteiger partial charge in [-0.2, -0.15) is 13.2 Å². The van der Waals surface area contributed by atoms with E-state index in [1.165, 1.54) is 17.0 Å². The molecule has 1 amide bonds. The first-order valence-electron chi connectivity index (χ1n) is 7.34. The largest absolute Gasteiger partial charge is 0.416 e. The maximum atomic E-state index is 12.9. The Morgan fingerprint density at radius 1 is 1.32 bits per heavy atom. The molecule has 1 aliphatic rings. The lowest BCUT2D eigenvalue weighted by Gasteiger charge is -2.25. The van der Waals surface area contributed by atoms with E-state index in [4.69, 9.17) is 0 Å². The van der Waals surface area contributed by atoms with E-state index in [-0.39, 0.29) is 11.9 Å². The first-order valence-corrected chi connectivity index (χ1v) is 7.34. The second-order valence-electron chi connectivity index (χ2n) is 6.06. The normalized spacial score (nSPS) is 17.9. The summed E-state index contributed by atoms with van der Waals surface area (Å²) in [5.74, 6) is 0.207. The maximum Gasteiger partial charge on any atom is 0.416 e. The number of amides is 1. The summed E-state index contributed by atoms with van der Waals surface area (Å²) < 4.78 is 38.6. The van der Waals surface area contributed by atoms with Crippen LogP contribution in [0.1, 0.15) is 36.9 Å². The number of benzene rings is 1. The molecule has 1 N–H and O–H groups in total. The van der Waals surface area contributed by atoms with E-state index >= 15 is 0 Å². The fourth-order valence-electron chi connectivity index (χ4n) is 2.57. The summed E-state index contributed by atoms with van der Waals surface area (Å²) >= 11 is 0. The number of rotatable bonds is 5. The molecule has 0 radical (unpaired) electrons. The molecule has 1 aromatic rings. The molecule has 0 saturated heterocycles. The predicted octanol–water partition coefficient (Wildman–Crippen LogP) is 3.22. The highest BCUT2D eigenvalue weighted by Gasteiger charge is 2.36. The van der Waals surface area contributed by atoms with Crippen LogP contribution in [0.2, 0.25) is 0 Å². The Kier molecular flexibility index (Phi) is 4.80. The summed E-state index contributed by atoms with van der Waals surface area (Å²) in [7, 11) is 3.33. The van der Waals surface area contributed by atoms with Crippen LogP contribution in [-0.4, -0.2) is 30.9 Å². The van der Waals surface area contributed by atoms with Crippen molar-refractivity contribution in [3.63, 3.8) is 0 Å². The SMILES string of the molecule is C[C@H](N[C@@H](c1cccc(C(F)(F)F)c1)C1CC1)C(=O)N(C)C. The summed E-state index contributed by atoms with van der Waals surface area (Å²) in [5, 5.41) is 3.20. The molecule has 0 heterocycles. The van der Waals surface area contributed by atoms with Crippen LogP contribution < -0.4 is 5.32 Å². The third-order valence-electron chi connectivity index (χ3n) is 3.91. The van der Waals surface area contributed by atoms with Crippen molar-refractivity contribution in [2.24, 2.45) is 5.92 Å². The van der Waals surface area contributed by atoms with Crippen molar-refractivity contribution in [3.8, 4) is 0 Å². The van der Waals surface area contributed by atoms with Crippen molar-refractivity contribution in [2.75, 3.05) is 14.1 Å². The lowest BCUT2D eigenvalue weighted by Crippen LogP contribution is -2.43. The van der Waals surface area contributed by atoms with Gasteiger partial charge in [-0.25, -0.2) is 0 Å². The molecule has 0 aromatic heterocycles. The van der Waals surface area contributed by atoms with Crippen molar-refractivity contribution in [1.29, 1.82) is 0 Å². The van der Waals surface area contributed by atoms with E-state index in [0.717, 1.165) is 18.9 Å². The predicted molar refractivity (Wildman–Crippen MR) is 78.2 cm³/mol. The van der Waals surface area contributed by atoms with Gasteiger partial charge >= 0.3 is 6.18 Å². The van der Waals surface area contributed by atoms with Gasteiger partial charge in [0, 0.05) is 20.1 Å². The highest BCUT2D eigenvalue weighted by Crippen LogP contribution is 2.42. The second-order valence-corrected chi connectivity index (χ2v) is 6.06. The quantitative estimate of drug-likeness (QED) is 0.905. The highest BCUT2D eigenvalue weighted by atomic mass is 19.4. The number of carbonyl (C=O) groups is 1. The highest BCUT2D eigenvalue weighted by molar-refractivity contribution is 5.81. The molecule has 3 nitrogen and oxygen atoms in total. The van der Waals surface area contributed by atoms with Gasteiger partial charge in [0.25, 0.3) is 0 Å². The molecule has 2 rings (SSSR count). The molecular weight excluding hydrogens is 293 g/mol. The topological polar surface area (TPSA) is 32.3 Å². The first kappa shape index (κ1) is 16.8. The van der Waals surface area contributed by atoms with Gasteiger partial charge in [0.05, 0.1) is 11.6 Å². The number of nitrogens with zero attached hydrogens (tertiary/aromatic N) is 1. The number of nitrogens with one attached hydrogen (secondary N) is 1. The van der Waals surface area contributed by atoms with Crippen molar-refractivity contribution in [1.82, 2.24) is 10.2 Å². The van der Waals surface area contributed by atoms with Gasteiger partial charge in [-0.1, -0.05) is 12.1 Å². The maximum absolute atomic E-state index is 12.9. The standard InChI is InChI=1S/C16H21F3N2O/c1-10(15(22)21(2)3)20-14(11-7-8-11)12-5-4-6-13(9-12)16(17,18)19/h4-6,9-11,14,20H,7-8H2,1-3H3/t10-,14+/m0/s1. The van der Waals surface area contributed by atoms with Gasteiger partial charge in [-0.15, -0.1) is 0 Å². The van der Waals surface area contributed by atoms with Gasteiger partial charge in [-0.3, -0.25) is 10.1 Å². The van der Waals surface area contributed by atoms with Gasteiger partial charge in [0.1, 0.15) is 0 Å². The first-order chi connectivity index (χ1) is 10.2. The van der Waals surface area contributed by atoms with Gasteiger partial charge in [0.15, 0.2) is 0 Å². The van der Waals surface area contributed by atoms with Crippen LogP contribution in [0.15, 0.2) is 24.3 Å². The number of alkyl halides is 3. The van der Waals surface area contributed by atoms with E-state index in [1.807, 2.05) is 0 Å². The smallest absolute Gasteiger partial charge is 0.347 e. The van der Waals surface area contributed by atoms with Crippen LogP contribution in [-0.2, 0) is 11.0 Å². The summed E-state index contributed by atoms with van der Waals surface area (Å²) in [4.78, 5) is 13.4. The molecule has 0 aliphatic heterocycles. The average molecular weight is 314 g/mol. The molecule has 0 spiro atoms. The zero-order chi connectivity index (χ0) is 16.5. The average Bonchev–Trinajstić information content (AvgIpc) is 3.27. The summed E-state index contributed by atoms with van der Waals surface area (Å²) in [6.45, 7) is 1.74. The summed E-state index contributed by atoms with van der Waals surface area (Å²) in [5.41, 5.74) is -0.0558. The number of halogens is 3. The van der Waals surface area contributed by atoms with E-state index in [9.17, 15) is 18.0 Å². The number of likely N-dealkylation sites (N-methyl/N-ethyl adjacent to an activating group) is 1. The van der Waals surface area contributed by atoms with E-state index < -0.39 is 17.8 Å². The van der Waals surface area contributed by atoms with Crippen LogP contribution in [0.3, 0.4) is 0 Å². The lowest BCUT2D eigenvalue weighted by atomic mass is 9.99. The third-order valence-corrected chi connectivity index (χ3v) is 3.91. The minimum absolute atomic E-state index is 0.0855. The molecule has 22 heavy (non-hydrogen) atoms. The Morgan fingerprint density at radius 2 is 1.95 bits per heavy atom. The number of hydrogen-bond donors (Lipinski definition) is 1. The van der Waals surface area contributed by atoms with E-state index in [1.54, 1.807) is 27.1 Å². The fraction of sp³-hybridized carbons (Fsp3) is 0.562. The molecule has 1 saturated carbocycles. The fourth-order valence-corrected chi connectivity index (χ4v) is 2.57. The minimum atomic E-state index is -4.35. The molecule has 6 heteroatoms. The Labute approximate surface area is 128 Å². The van der Waals surface area contributed by atoms with Crippen LogP contribution >= 0.6 is 0 Å². The van der Waals surface area contributed by atoms with Gasteiger partial charge < -0.3 is 4.90 Å². The van der Waals surface area contributed by atoms with Crippen LogP contribution in [0.4, 0.5) is 13.2 Å². The monoisotopic (exact) mass is 314 g/mol. The van der Waals surface area contributed by atoms with Gasteiger partial charge in [0.2, 0.25) is 5.91 Å². The number of hydrogen-bond acceptors (Lipinski definition) is 2. The summed E-state index contributed by atoms with van der Waals surface area (Å²) in [6.07, 6.45) is -2.41. The molecule has 0 bridgehead atoms. The Hall–Kier alpha value is -1.56. The second kappa shape index (κ2) is 6.28. The van der Waals surface area contributed by atoms with Crippen LogP contribution in [0, 0.1) is 5.92 Å². The molecule has 122 valence electrons. The van der Waals surface area contributed by atoms with E-state index in [0.29, 0.717) is 11.5 Å². The molecule has 1 fully saturated rings. The molecule has 1 aromatic carbocycles. The zero-order valence-corrected chi connectivity index (χ0v) is 12.9. The lowest BCUT2D eigenvalue weighted by molar-refractivity contribution is -0.137. The Bertz CT molecular complexity index is 538. The third kappa shape index (κ3) is 4.00. The van der Waals surface area contributed by atoms with Crippen LogP contribution in [0.25, 0.3) is 0 Å². The number of carbonyl (C=O) groups excluding carboxylic acids is 1. The Morgan fingerprint density at radius 3 is 2.45 bits per heavy atom. The molecular formula is C16H21F3N2O. The van der Waals surface area contributed by atoms with Crippen LogP contribution in [0.5, 0.6) is 0 Å². The van der Waals surface area contributed by atoms with Crippen molar-refractivity contribution in [3.05, 3.63) is 35.4 Å². The van der Waals surface area contributed by atoms with Crippen molar-refractivity contribution in [2.45, 2.75) is 38.0 Å². The molecule has 2 atom stereocenters. The van der Waals surface area contributed by atoms with Crippen molar-refractivity contribution >= 4 is 5.91 Å². The molecule has 1 aliphatic carbocycles. The summed E-state index contributed by atoms with van der Waals surface area (Å²) in [6, 6.07) is 4.72. The minimum Gasteiger partial charge on any atom is -0.347 e. The van der Waals surface area contributed by atoms with Gasteiger partial charge in [-0.05, 0) is 43.4 Å². The zero-order valence-electron chi connectivity index (χ0n) is 12.9. The molecule has 0 unspecified atom stereocenters.